The molecule has 8 N–H and O–H groups in total. The predicted octanol–water partition coefficient (Wildman–Crippen LogP) is 0.761. The molecule has 18 nitrogen and oxygen atoms in total. The lowest BCUT2D eigenvalue weighted by Gasteiger charge is -2.70. The first kappa shape index (κ1) is 43.6. The fourth-order valence-electron chi connectivity index (χ4n) is 13.9. The minimum Gasteiger partial charge on any atom is -0.480 e. The second kappa shape index (κ2) is 14.0. The van der Waals surface area contributed by atoms with Gasteiger partial charge in [0, 0.05) is 17.8 Å². The third-order valence-electron chi connectivity index (χ3n) is 17.6. The highest BCUT2D eigenvalue weighted by Crippen LogP contribution is 2.76. The molecule has 2 bridgehead atoms. The normalized spacial score (nSPS) is 53.0. The molecule has 0 unspecified atom stereocenters. The van der Waals surface area contributed by atoms with Crippen molar-refractivity contribution < 1.29 is 88.5 Å². The molecule has 0 aromatic heterocycles. The van der Waals surface area contributed by atoms with Crippen molar-refractivity contribution in [1.29, 1.82) is 0 Å². The summed E-state index contributed by atoms with van der Waals surface area (Å²) in [6, 6.07) is 0. The molecule has 8 aliphatic rings. The van der Waals surface area contributed by atoms with Crippen LogP contribution in [0.2, 0.25) is 0 Å². The number of carbonyl (C=O) groups is 5. The van der Waals surface area contributed by atoms with E-state index < -0.39 is 136 Å². The number of carboxylic acid groups (broad SMARTS) is 3. The number of rotatable bonds is 7. The number of aliphatic hydroxyl groups excluding tert-OH is 5. The molecular weight excluding hydrogens is 792 g/mol. The number of aliphatic hydroxyl groups is 5. The van der Waals surface area contributed by atoms with E-state index in [4.69, 9.17) is 23.7 Å². The maximum atomic E-state index is 14.9. The molecule has 0 radical (unpaired) electrons. The summed E-state index contributed by atoms with van der Waals surface area (Å²) in [5.41, 5.74) is -3.65. The van der Waals surface area contributed by atoms with E-state index in [9.17, 15) is 64.8 Å². The van der Waals surface area contributed by atoms with Gasteiger partial charge in [-0.05, 0) is 84.5 Å². The van der Waals surface area contributed by atoms with Crippen LogP contribution in [0.5, 0.6) is 0 Å². The second-order valence-corrected chi connectivity index (χ2v) is 20.6. The summed E-state index contributed by atoms with van der Waals surface area (Å²) < 4.78 is 29.1. The van der Waals surface area contributed by atoms with Crippen molar-refractivity contribution in [3.8, 4) is 0 Å². The average molecular weight is 851 g/mol. The fraction of sp³-hybridized carbons (Fsp3) is 0.833. The predicted molar refractivity (Wildman–Crippen MR) is 199 cm³/mol. The number of esters is 1. The number of allylic oxidation sites excluding steroid dienone is 2. The number of carboxylic acids is 3. The van der Waals surface area contributed by atoms with Crippen molar-refractivity contribution in [3.05, 3.63) is 11.6 Å². The summed E-state index contributed by atoms with van der Waals surface area (Å²) in [7, 11) is 0. The van der Waals surface area contributed by atoms with Crippen LogP contribution in [0.4, 0.5) is 0 Å². The summed E-state index contributed by atoms with van der Waals surface area (Å²) in [5, 5.41) is 83.1. The Balaban J connectivity index is 1.08. The van der Waals surface area contributed by atoms with E-state index in [0.717, 1.165) is 12.0 Å². The van der Waals surface area contributed by atoms with Crippen molar-refractivity contribution in [1.82, 2.24) is 0 Å². The van der Waals surface area contributed by atoms with Gasteiger partial charge in [0.2, 0.25) is 0 Å². The van der Waals surface area contributed by atoms with Crippen LogP contribution in [-0.2, 0) is 47.7 Å². The Hall–Kier alpha value is -3.07. The Morgan fingerprint density at radius 2 is 1.32 bits per heavy atom. The Morgan fingerprint density at radius 1 is 0.700 bits per heavy atom. The Morgan fingerprint density at radius 3 is 1.93 bits per heavy atom. The Kier molecular flexibility index (Phi) is 10.1. The topological polar surface area (TPSA) is 293 Å². The van der Waals surface area contributed by atoms with Gasteiger partial charge in [-0.25, -0.2) is 9.59 Å². The van der Waals surface area contributed by atoms with Gasteiger partial charge in [0.05, 0.1) is 6.10 Å². The quantitative estimate of drug-likeness (QED) is 0.0997. The number of ketones is 1. The van der Waals surface area contributed by atoms with Gasteiger partial charge in [-0.1, -0.05) is 47.1 Å². The number of fused-ring (bicyclic) bond motifs is 10. The third kappa shape index (κ3) is 5.73. The summed E-state index contributed by atoms with van der Waals surface area (Å²) in [5.74, 6) is -6.20. The smallest absolute Gasteiger partial charge is 0.335 e. The molecule has 0 amide bonds. The first-order valence-corrected chi connectivity index (χ1v) is 21.0. The van der Waals surface area contributed by atoms with Gasteiger partial charge < -0.3 is 64.5 Å². The number of carbonyl (C=O) groups excluding carboxylic acids is 2. The molecule has 60 heavy (non-hydrogen) atoms. The summed E-state index contributed by atoms with van der Waals surface area (Å²) in [4.78, 5) is 64.7. The van der Waals surface area contributed by atoms with E-state index in [1.807, 2.05) is 13.8 Å². The second-order valence-electron chi connectivity index (χ2n) is 20.6. The first-order valence-electron chi connectivity index (χ1n) is 21.0. The molecule has 18 heteroatoms. The molecule has 0 aromatic rings. The number of hydrogen-bond donors (Lipinski definition) is 8. The van der Waals surface area contributed by atoms with Crippen molar-refractivity contribution in [2.75, 3.05) is 0 Å². The van der Waals surface area contributed by atoms with E-state index in [1.54, 1.807) is 6.08 Å². The zero-order chi connectivity index (χ0) is 44.0. The van der Waals surface area contributed by atoms with Gasteiger partial charge in [-0.2, -0.15) is 0 Å². The molecule has 0 aromatic carbocycles. The molecule has 7 fully saturated rings. The largest absolute Gasteiger partial charge is 0.480 e. The monoisotopic (exact) mass is 850 g/mol. The molecule has 4 saturated carbocycles. The van der Waals surface area contributed by atoms with Gasteiger partial charge >= 0.3 is 23.9 Å². The molecule has 3 saturated heterocycles. The minimum atomic E-state index is -2.07. The van der Waals surface area contributed by atoms with Crippen molar-refractivity contribution in [2.24, 2.45) is 50.2 Å². The maximum Gasteiger partial charge on any atom is 0.335 e. The Labute approximate surface area is 346 Å². The lowest BCUT2D eigenvalue weighted by molar-refractivity contribution is -0.371. The Bertz CT molecular complexity index is 1880. The standard InChI is InChI=1S/C42H58O18/c1-37(2)19-7-10-41(6)30(18(43)13-16-17-14-42(35(53)54)15-21(57-36(42)55)38(17,3)11-12-40(16,41)5)39(19,4)9-8-20(37)56-34-29(25(47)24(46)28(59-34)32(51)52)60-33-26(48)22(44)23(45)27(58-33)31(49)50/h13,17,19-30,33-34,44-48H,7-12,14-15H2,1-6H3,(H,49,50)(H,51,52)(H,53,54)/t17-,19-,20-,21-,22-,23-,24-,25-,26+,27-,28-,29+,30+,33-,34+,38+,39-,40+,41+,42-/m0/s1. The van der Waals surface area contributed by atoms with Gasteiger partial charge in [-0.15, -0.1) is 0 Å². The summed E-state index contributed by atoms with van der Waals surface area (Å²) in [6.45, 7) is 12.5. The van der Waals surface area contributed by atoms with Crippen molar-refractivity contribution >= 4 is 29.7 Å². The fourth-order valence-corrected chi connectivity index (χ4v) is 13.9. The molecule has 334 valence electrons. The van der Waals surface area contributed by atoms with Crippen LogP contribution in [-0.4, -0.2) is 144 Å². The van der Waals surface area contributed by atoms with E-state index in [2.05, 4.69) is 27.7 Å². The van der Waals surface area contributed by atoms with Gasteiger partial charge in [0.1, 0.15) is 42.7 Å². The molecular formula is C42H58O18. The van der Waals surface area contributed by atoms with E-state index in [0.29, 0.717) is 32.1 Å². The van der Waals surface area contributed by atoms with Crippen molar-refractivity contribution in [2.45, 2.75) is 167 Å². The van der Waals surface area contributed by atoms with Crippen LogP contribution in [0.25, 0.3) is 0 Å². The van der Waals surface area contributed by atoms with Gasteiger partial charge in [0.15, 0.2) is 36.0 Å². The third-order valence-corrected chi connectivity index (χ3v) is 17.6. The molecule has 5 aliphatic carbocycles. The first-order chi connectivity index (χ1) is 27.8. The number of hydrogen-bond acceptors (Lipinski definition) is 15. The summed E-state index contributed by atoms with van der Waals surface area (Å²) in [6.07, 6.45) is -15.6. The SMILES string of the molecule is CC1(C)[C@@H](O[C@@H]2O[C@H](C(=O)O)[C@@H](O)[C@H](O)[C@H]2O[C@@H]2O[C@H](C(=O)O)[C@@H](O)[C@H](O)[C@H]2O)CC[C@]2(C)[C@H]3C(=O)C=C4[C@@H]5C[C@@]6(C(=O)O)C[C@H](OC6=O)[C@]5(C)CC[C@@]4(C)[C@]3(C)CC[C@@H]12. The van der Waals surface area contributed by atoms with E-state index >= 15 is 0 Å². The lowest BCUT2D eigenvalue weighted by Crippen LogP contribution is -2.68. The zero-order valence-corrected chi connectivity index (χ0v) is 34.6. The van der Waals surface area contributed by atoms with Crippen LogP contribution < -0.4 is 0 Å². The highest BCUT2D eigenvalue weighted by molar-refractivity contribution is 6.01. The molecule has 3 aliphatic heterocycles. The molecule has 8 rings (SSSR count). The highest BCUT2D eigenvalue weighted by Gasteiger charge is 2.74. The maximum absolute atomic E-state index is 14.9. The van der Waals surface area contributed by atoms with E-state index in [-0.39, 0.29) is 30.5 Å². The number of aliphatic carboxylic acids is 3. The van der Waals surface area contributed by atoms with Gasteiger partial charge in [-0.3, -0.25) is 14.4 Å². The van der Waals surface area contributed by atoms with Crippen molar-refractivity contribution in [3.63, 3.8) is 0 Å². The van der Waals surface area contributed by atoms with Gasteiger partial charge in [0.25, 0.3) is 0 Å². The molecule has 3 heterocycles. The summed E-state index contributed by atoms with van der Waals surface area (Å²) >= 11 is 0. The zero-order valence-electron chi connectivity index (χ0n) is 34.6. The van der Waals surface area contributed by atoms with Crippen LogP contribution in [0.1, 0.15) is 92.9 Å². The highest BCUT2D eigenvalue weighted by atomic mass is 16.8. The number of ether oxygens (including phenoxy) is 5. The van der Waals surface area contributed by atoms with Crippen LogP contribution in [0, 0.1) is 50.2 Å². The van der Waals surface area contributed by atoms with Crippen LogP contribution in [0.3, 0.4) is 0 Å². The molecule has 0 spiro atoms. The van der Waals surface area contributed by atoms with E-state index in [1.165, 1.54) is 0 Å². The van der Waals surface area contributed by atoms with Crippen LogP contribution >= 0.6 is 0 Å². The average Bonchev–Trinajstić information content (AvgIpc) is 3.47. The minimum absolute atomic E-state index is 0.0466. The van der Waals surface area contributed by atoms with Crippen LogP contribution in [0.15, 0.2) is 11.6 Å². The lowest BCUT2D eigenvalue weighted by atomic mass is 9.33. The molecule has 20 atom stereocenters.